The summed E-state index contributed by atoms with van der Waals surface area (Å²) in [6, 6.07) is 0. The van der Waals surface area contributed by atoms with Gasteiger partial charge in [0.2, 0.25) is 5.91 Å². The second-order valence-electron chi connectivity index (χ2n) is 7.39. The average Bonchev–Trinajstić information content (AvgIpc) is 3.26. The number of rotatable bonds is 3. The number of carbonyl (C=O) groups excluding carboxylic acids is 1. The molecule has 1 amide bonds. The fourth-order valence-corrected chi connectivity index (χ4v) is 5.31. The molecule has 0 saturated carbocycles. The first-order valence-corrected chi connectivity index (χ1v) is 10.1. The largest absolute Gasteiger partial charge is 0.378 e. The average molecular weight is 350 g/mol. The molecule has 4 rings (SSSR count). The summed E-state index contributed by atoms with van der Waals surface area (Å²) in [5, 5.41) is 0. The highest BCUT2D eigenvalue weighted by molar-refractivity contribution is 7.09. The molecule has 0 unspecified atom stereocenters. The molecular weight excluding hydrogens is 322 g/mol. The molecule has 6 heteroatoms. The van der Waals surface area contributed by atoms with Crippen LogP contribution in [-0.4, -0.2) is 59.6 Å². The molecule has 3 aliphatic heterocycles. The summed E-state index contributed by atoms with van der Waals surface area (Å²) in [7, 11) is 0. The van der Waals surface area contributed by atoms with E-state index in [4.69, 9.17) is 4.74 Å². The third-order valence-corrected chi connectivity index (χ3v) is 6.82. The lowest BCUT2D eigenvalue weighted by molar-refractivity contribution is -0.150. The van der Waals surface area contributed by atoms with Gasteiger partial charge in [0.15, 0.2) is 0 Å². The van der Waals surface area contributed by atoms with E-state index in [0.29, 0.717) is 11.8 Å². The SMILES string of the molecule is Cc1ncsc1CN1CC[C@H]2OCC[C@@H](C(=O)N3CCCC3)[C@H]2C1. The van der Waals surface area contributed by atoms with Gasteiger partial charge in [-0.3, -0.25) is 9.69 Å². The van der Waals surface area contributed by atoms with Crippen molar-refractivity contribution in [3.8, 4) is 0 Å². The Morgan fingerprint density at radius 3 is 2.92 bits per heavy atom. The van der Waals surface area contributed by atoms with Gasteiger partial charge >= 0.3 is 0 Å². The molecule has 1 aromatic heterocycles. The van der Waals surface area contributed by atoms with Crippen LogP contribution >= 0.6 is 11.3 Å². The fourth-order valence-electron chi connectivity index (χ4n) is 4.49. The predicted molar refractivity (Wildman–Crippen MR) is 93.9 cm³/mol. The summed E-state index contributed by atoms with van der Waals surface area (Å²) in [4.78, 5) is 23.3. The van der Waals surface area contributed by atoms with E-state index in [9.17, 15) is 4.79 Å². The molecule has 0 bridgehead atoms. The molecule has 0 N–H and O–H groups in total. The number of hydrogen-bond acceptors (Lipinski definition) is 5. The number of amides is 1. The van der Waals surface area contributed by atoms with Gasteiger partial charge < -0.3 is 9.64 Å². The number of nitrogens with zero attached hydrogens (tertiary/aromatic N) is 3. The minimum atomic E-state index is 0.159. The molecule has 24 heavy (non-hydrogen) atoms. The van der Waals surface area contributed by atoms with Gasteiger partial charge in [0.25, 0.3) is 0 Å². The van der Waals surface area contributed by atoms with E-state index >= 15 is 0 Å². The number of aromatic nitrogens is 1. The number of carbonyl (C=O) groups is 1. The zero-order valence-electron chi connectivity index (χ0n) is 14.4. The summed E-state index contributed by atoms with van der Waals surface area (Å²) in [6.07, 6.45) is 4.55. The molecule has 1 aromatic rings. The number of fused-ring (bicyclic) bond motifs is 1. The van der Waals surface area contributed by atoms with Crippen LogP contribution in [0.4, 0.5) is 0 Å². The first-order valence-electron chi connectivity index (χ1n) is 9.24. The van der Waals surface area contributed by atoms with Gasteiger partial charge in [0.1, 0.15) is 0 Å². The molecule has 5 nitrogen and oxygen atoms in total. The van der Waals surface area contributed by atoms with Crippen LogP contribution in [0.1, 0.15) is 36.3 Å². The minimum Gasteiger partial charge on any atom is -0.378 e. The van der Waals surface area contributed by atoms with Crippen molar-refractivity contribution in [1.82, 2.24) is 14.8 Å². The molecule has 0 aliphatic carbocycles. The monoisotopic (exact) mass is 349 g/mol. The highest BCUT2D eigenvalue weighted by atomic mass is 32.1. The van der Waals surface area contributed by atoms with Crippen molar-refractivity contribution in [1.29, 1.82) is 0 Å². The molecule has 132 valence electrons. The van der Waals surface area contributed by atoms with Crippen molar-refractivity contribution in [3.63, 3.8) is 0 Å². The molecular formula is C18H27N3O2S. The van der Waals surface area contributed by atoms with Crippen LogP contribution in [0, 0.1) is 18.8 Å². The maximum Gasteiger partial charge on any atom is 0.226 e. The predicted octanol–water partition coefficient (Wildman–Crippen LogP) is 2.30. The van der Waals surface area contributed by atoms with Crippen molar-refractivity contribution in [2.24, 2.45) is 11.8 Å². The van der Waals surface area contributed by atoms with Gasteiger partial charge in [-0.1, -0.05) is 0 Å². The van der Waals surface area contributed by atoms with Crippen molar-refractivity contribution >= 4 is 17.2 Å². The summed E-state index contributed by atoms with van der Waals surface area (Å²) in [6.45, 7) is 7.75. The van der Waals surface area contributed by atoms with Crippen LogP contribution in [0.5, 0.6) is 0 Å². The lowest BCUT2D eigenvalue weighted by Crippen LogP contribution is -2.53. The van der Waals surface area contributed by atoms with Gasteiger partial charge in [-0.05, 0) is 32.6 Å². The highest BCUT2D eigenvalue weighted by Gasteiger charge is 2.43. The van der Waals surface area contributed by atoms with Gasteiger partial charge in [0, 0.05) is 56.0 Å². The van der Waals surface area contributed by atoms with Crippen molar-refractivity contribution in [2.45, 2.75) is 45.3 Å². The number of hydrogen-bond donors (Lipinski definition) is 0. The topological polar surface area (TPSA) is 45.7 Å². The van der Waals surface area contributed by atoms with Crippen molar-refractivity contribution in [2.75, 3.05) is 32.8 Å². The molecule has 3 atom stereocenters. The van der Waals surface area contributed by atoms with Crippen molar-refractivity contribution in [3.05, 3.63) is 16.1 Å². The quantitative estimate of drug-likeness (QED) is 0.840. The normalized spacial score (nSPS) is 31.2. The number of thiazole rings is 1. The fraction of sp³-hybridized carbons (Fsp3) is 0.778. The Labute approximate surface area is 148 Å². The molecule has 0 spiro atoms. The first kappa shape index (κ1) is 16.5. The Hall–Kier alpha value is -0.980. The van der Waals surface area contributed by atoms with Crippen LogP contribution in [0.3, 0.4) is 0 Å². The van der Waals surface area contributed by atoms with E-state index in [1.165, 1.54) is 17.7 Å². The van der Waals surface area contributed by atoms with Crippen LogP contribution < -0.4 is 0 Å². The number of piperidine rings is 1. The first-order chi connectivity index (χ1) is 11.7. The minimum absolute atomic E-state index is 0.159. The summed E-state index contributed by atoms with van der Waals surface area (Å²) < 4.78 is 6.03. The number of ether oxygens (including phenoxy) is 1. The summed E-state index contributed by atoms with van der Waals surface area (Å²) in [5.74, 6) is 0.905. The molecule has 3 saturated heterocycles. The van der Waals surface area contributed by atoms with Crippen LogP contribution in [-0.2, 0) is 16.1 Å². The lowest BCUT2D eigenvalue weighted by Gasteiger charge is -2.45. The number of aryl methyl sites for hydroxylation is 1. The Balaban J connectivity index is 1.45. The van der Waals surface area contributed by atoms with Crippen molar-refractivity contribution < 1.29 is 9.53 Å². The van der Waals surface area contributed by atoms with E-state index in [0.717, 1.165) is 57.9 Å². The maximum atomic E-state index is 13.0. The van der Waals surface area contributed by atoms with E-state index in [-0.39, 0.29) is 12.0 Å². The lowest BCUT2D eigenvalue weighted by atomic mass is 9.78. The Morgan fingerprint density at radius 2 is 2.17 bits per heavy atom. The third-order valence-electron chi connectivity index (χ3n) is 5.90. The Morgan fingerprint density at radius 1 is 1.33 bits per heavy atom. The second kappa shape index (κ2) is 7.10. The Bertz CT molecular complexity index is 585. The standard InChI is InChI=1S/C18H27N3O2S/c1-13-17(24-12-19-13)11-20-8-4-16-15(10-20)14(5-9-23-16)18(22)21-6-2-3-7-21/h12,14-16H,2-11H2,1H3/t14-,15-,16-/m1/s1. The second-order valence-corrected chi connectivity index (χ2v) is 8.32. The highest BCUT2D eigenvalue weighted by Crippen LogP contribution is 2.35. The molecule has 3 aliphatic rings. The third kappa shape index (κ3) is 3.24. The van der Waals surface area contributed by atoms with Gasteiger partial charge in [-0.25, -0.2) is 4.98 Å². The molecule has 0 aromatic carbocycles. The van der Waals surface area contributed by atoms with Gasteiger partial charge in [-0.2, -0.15) is 0 Å². The van der Waals surface area contributed by atoms with Gasteiger partial charge in [0.05, 0.1) is 17.3 Å². The smallest absolute Gasteiger partial charge is 0.226 e. The van der Waals surface area contributed by atoms with E-state index in [1.54, 1.807) is 11.3 Å². The zero-order chi connectivity index (χ0) is 16.5. The summed E-state index contributed by atoms with van der Waals surface area (Å²) in [5.41, 5.74) is 3.08. The van der Waals surface area contributed by atoms with Gasteiger partial charge in [-0.15, -0.1) is 11.3 Å². The van der Waals surface area contributed by atoms with E-state index in [2.05, 4.69) is 21.7 Å². The molecule has 3 fully saturated rings. The van der Waals surface area contributed by atoms with Crippen LogP contribution in [0.2, 0.25) is 0 Å². The van der Waals surface area contributed by atoms with E-state index < -0.39 is 0 Å². The van der Waals surface area contributed by atoms with Crippen LogP contribution in [0.15, 0.2) is 5.51 Å². The summed E-state index contributed by atoms with van der Waals surface area (Å²) >= 11 is 1.74. The molecule has 0 radical (unpaired) electrons. The number of likely N-dealkylation sites (tertiary alicyclic amines) is 2. The zero-order valence-corrected chi connectivity index (χ0v) is 15.3. The van der Waals surface area contributed by atoms with Crippen LogP contribution in [0.25, 0.3) is 0 Å². The Kier molecular flexibility index (Phi) is 4.88. The van der Waals surface area contributed by atoms with E-state index in [1.807, 2.05) is 5.51 Å². The maximum absolute atomic E-state index is 13.0. The molecule has 4 heterocycles.